The van der Waals surface area contributed by atoms with E-state index in [0.717, 1.165) is 90.2 Å². The lowest BCUT2D eigenvalue weighted by atomic mass is 9.94. The molecule has 0 aliphatic carbocycles. The minimum atomic E-state index is -0.991. The number of nitrogens with zero attached hydrogens (tertiary/aromatic N) is 6. The molecule has 6 rings (SSSR count). The fourth-order valence-electron chi connectivity index (χ4n) is 6.14. The minimum absolute atomic E-state index is 0.152. The van der Waals surface area contributed by atoms with Crippen molar-refractivity contribution in [2.24, 2.45) is 14.1 Å². The average Bonchev–Trinajstić information content (AvgIpc) is 3.57. The van der Waals surface area contributed by atoms with E-state index in [4.69, 9.17) is 14.8 Å². The Morgan fingerprint density at radius 2 is 1.95 bits per heavy atom. The standard InChI is InChI=1S/C30H38FN7O/c1-5-20-16-22-19(2)28(26-7-12-36(3)35-26)30(34-29(22)23(17-20)27-6-11-32-37(27)4)38-13-8-25(24(31)18-38)33-21-9-14-39-15-10-21/h6-7,11-12,16-17,21,24-25,33H,5,8-10,13-15,18H2,1-4H3/t24-,25+/m1/s1. The van der Waals surface area contributed by atoms with Gasteiger partial charge < -0.3 is 15.0 Å². The highest BCUT2D eigenvalue weighted by atomic mass is 19.1. The normalized spacial score (nSPS) is 20.7. The predicted octanol–water partition coefficient (Wildman–Crippen LogP) is 4.59. The Hall–Kier alpha value is -3.30. The number of hydrogen-bond donors (Lipinski definition) is 1. The topological polar surface area (TPSA) is 73.0 Å². The molecule has 2 saturated heterocycles. The van der Waals surface area contributed by atoms with Crippen molar-refractivity contribution in [1.82, 2.24) is 29.9 Å². The van der Waals surface area contributed by atoms with Gasteiger partial charge in [-0.2, -0.15) is 10.2 Å². The van der Waals surface area contributed by atoms with Crippen LogP contribution in [-0.2, 0) is 25.3 Å². The summed E-state index contributed by atoms with van der Waals surface area (Å²) >= 11 is 0. The van der Waals surface area contributed by atoms with Crippen molar-refractivity contribution in [2.75, 3.05) is 31.2 Å². The second-order valence-electron chi connectivity index (χ2n) is 11.0. The van der Waals surface area contributed by atoms with Gasteiger partial charge in [0.1, 0.15) is 12.0 Å². The van der Waals surface area contributed by atoms with Crippen molar-refractivity contribution >= 4 is 16.7 Å². The summed E-state index contributed by atoms with van der Waals surface area (Å²) in [6.45, 7) is 6.85. The summed E-state index contributed by atoms with van der Waals surface area (Å²) in [5.41, 5.74) is 7.19. The molecule has 0 saturated carbocycles. The molecule has 3 aromatic heterocycles. The number of ether oxygens (including phenoxy) is 1. The Balaban J connectivity index is 1.45. The Morgan fingerprint density at radius 3 is 2.62 bits per heavy atom. The lowest BCUT2D eigenvalue weighted by Gasteiger charge is -2.39. The number of fused-ring (bicyclic) bond motifs is 1. The molecule has 9 heteroatoms. The van der Waals surface area contributed by atoms with Crippen molar-refractivity contribution in [1.29, 1.82) is 0 Å². The number of aromatic nitrogens is 5. The van der Waals surface area contributed by atoms with E-state index < -0.39 is 6.17 Å². The number of aryl methyl sites for hydroxylation is 4. The molecule has 39 heavy (non-hydrogen) atoms. The van der Waals surface area contributed by atoms with Gasteiger partial charge in [0.15, 0.2) is 0 Å². The molecule has 4 aromatic rings. The van der Waals surface area contributed by atoms with Crippen molar-refractivity contribution < 1.29 is 9.13 Å². The third-order valence-corrected chi connectivity index (χ3v) is 8.38. The Kier molecular flexibility index (Phi) is 7.12. The molecule has 2 aliphatic rings. The fourth-order valence-corrected chi connectivity index (χ4v) is 6.14. The van der Waals surface area contributed by atoms with Crippen molar-refractivity contribution in [2.45, 2.75) is 57.8 Å². The van der Waals surface area contributed by atoms with Crippen LogP contribution < -0.4 is 10.2 Å². The fraction of sp³-hybridized carbons (Fsp3) is 0.500. The third-order valence-electron chi connectivity index (χ3n) is 8.38. The van der Waals surface area contributed by atoms with Crippen LogP contribution in [0.2, 0.25) is 0 Å². The number of nitrogens with one attached hydrogen (secondary N) is 1. The van der Waals surface area contributed by atoms with Crippen LogP contribution >= 0.6 is 0 Å². The van der Waals surface area contributed by atoms with Crippen LogP contribution in [0.15, 0.2) is 36.7 Å². The molecule has 1 N–H and O–H groups in total. The molecular weight excluding hydrogens is 493 g/mol. The number of rotatable bonds is 6. The summed E-state index contributed by atoms with van der Waals surface area (Å²) in [7, 11) is 3.88. The zero-order chi connectivity index (χ0) is 27.1. The zero-order valence-corrected chi connectivity index (χ0v) is 23.3. The van der Waals surface area contributed by atoms with Crippen LogP contribution in [0.4, 0.5) is 10.2 Å². The first-order valence-electron chi connectivity index (χ1n) is 14.1. The van der Waals surface area contributed by atoms with Gasteiger partial charge in [0.05, 0.1) is 23.4 Å². The summed E-state index contributed by atoms with van der Waals surface area (Å²) in [5, 5.41) is 13.9. The first-order valence-corrected chi connectivity index (χ1v) is 14.1. The van der Waals surface area contributed by atoms with Gasteiger partial charge in [-0.3, -0.25) is 9.36 Å². The number of hydrogen-bond acceptors (Lipinski definition) is 6. The summed E-state index contributed by atoms with van der Waals surface area (Å²) in [6.07, 6.45) is 6.31. The van der Waals surface area contributed by atoms with Gasteiger partial charge in [-0.25, -0.2) is 9.37 Å². The molecule has 8 nitrogen and oxygen atoms in total. The van der Waals surface area contributed by atoms with E-state index in [-0.39, 0.29) is 6.04 Å². The molecule has 206 valence electrons. The van der Waals surface area contributed by atoms with Gasteiger partial charge >= 0.3 is 0 Å². The van der Waals surface area contributed by atoms with Crippen LogP contribution in [0.3, 0.4) is 0 Å². The van der Waals surface area contributed by atoms with Crippen LogP contribution in [0.5, 0.6) is 0 Å². The highest BCUT2D eigenvalue weighted by Gasteiger charge is 2.34. The molecule has 2 atom stereocenters. The molecular formula is C30H38FN7O. The monoisotopic (exact) mass is 531 g/mol. The number of alkyl halides is 1. The smallest absolute Gasteiger partial charge is 0.139 e. The van der Waals surface area contributed by atoms with Gasteiger partial charge in [-0.1, -0.05) is 6.92 Å². The Morgan fingerprint density at radius 1 is 1.13 bits per heavy atom. The maximum absolute atomic E-state index is 15.8. The van der Waals surface area contributed by atoms with Gasteiger partial charge in [-0.15, -0.1) is 0 Å². The lowest BCUT2D eigenvalue weighted by molar-refractivity contribution is 0.0684. The summed E-state index contributed by atoms with van der Waals surface area (Å²) in [5.74, 6) is 0.804. The molecule has 0 amide bonds. The van der Waals surface area contributed by atoms with E-state index in [1.165, 1.54) is 5.56 Å². The lowest BCUT2D eigenvalue weighted by Crippen LogP contribution is -2.54. The first-order chi connectivity index (χ1) is 18.9. The van der Waals surface area contributed by atoms with Gasteiger partial charge in [0.2, 0.25) is 0 Å². The van der Waals surface area contributed by atoms with E-state index in [0.29, 0.717) is 12.6 Å². The molecule has 2 aliphatic heterocycles. The quantitative estimate of drug-likeness (QED) is 0.392. The van der Waals surface area contributed by atoms with Gasteiger partial charge in [-0.05, 0) is 68.0 Å². The van der Waals surface area contributed by atoms with Crippen LogP contribution in [0, 0.1) is 6.92 Å². The van der Waals surface area contributed by atoms with Gasteiger partial charge in [0, 0.05) is 74.8 Å². The first kappa shape index (κ1) is 26.0. The molecule has 5 heterocycles. The van der Waals surface area contributed by atoms with E-state index in [2.05, 4.69) is 41.3 Å². The minimum Gasteiger partial charge on any atom is -0.381 e. The number of halogens is 1. The molecule has 1 aromatic carbocycles. The number of benzene rings is 1. The van der Waals surface area contributed by atoms with E-state index in [1.54, 1.807) is 0 Å². The largest absolute Gasteiger partial charge is 0.381 e. The van der Waals surface area contributed by atoms with Crippen LogP contribution in [0.1, 0.15) is 37.3 Å². The Bertz CT molecular complexity index is 1470. The highest BCUT2D eigenvalue weighted by Crippen LogP contribution is 2.40. The second-order valence-corrected chi connectivity index (χ2v) is 11.0. The maximum atomic E-state index is 15.8. The van der Waals surface area contributed by atoms with Crippen molar-refractivity contribution in [3.63, 3.8) is 0 Å². The highest BCUT2D eigenvalue weighted by molar-refractivity contribution is 6.01. The summed E-state index contributed by atoms with van der Waals surface area (Å²) in [6, 6.07) is 8.70. The van der Waals surface area contributed by atoms with E-state index in [1.807, 2.05) is 48.0 Å². The number of piperidine rings is 1. The molecule has 2 fully saturated rings. The molecule has 0 bridgehead atoms. The van der Waals surface area contributed by atoms with E-state index in [9.17, 15) is 0 Å². The second kappa shape index (κ2) is 10.7. The maximum Gasteiger partial charge on any atom is 0.139 e. The third kappa shape index (κ3) is 4.94. The van der Waals surface area contributed by atoms with Crippen molar-refractivity contribution in [3.8, 4) is 22.5 Å². The van der Waals surface area contributed by atoms with Crippen molar-refractivity contribution in [3.05, 3.63) is 47.8 Å². The van der Waals surface area contributed by atoms with E-state index >= 15 is 4.39 Å². The molecule has 0 unspecified atom stereocenters. The van der Waals surface area contributed by atoms with Crippen LogP contribution in [-0.4, -0.2) is 69.1 Å². The number of anilines is 1. The molecule has 0 radical (unpaired) electrons. The SMILES string of the molecule is CCc1cc(-c2ccnn2C)c2nc(N3CC[C@H](NC4CCOCC4)[C@H](F)C3)c(-c3ccn(C)n3)c(C)c2c1. The predicted molar refractivity (Wildman–Crippen MR) is 153 cm³/mol. The van der Waals surface area contributed by atoms with Crippen LogP contribution in [0.25, 0.3) is 33.4 Å². The average molecular weight is 532 g/mol. The Labute approximate surface area is 229 Å². The summed E-state index contributed by atoms with van der Waals surface area (Å²) in [4.78, 5) is 7.45. The number of pyridine rings is 1. The zero-order valence-electron chi connectivity index (χ0n) is 23.3. The molecule has 0 spiro atoms. The summed E-state index contributed by atoms with van der Waals surface area (Å²) < 4.78 is 24.9. The van der Waals surface area contributed by atoms with Gasteiger partial charge in [0.25, 0.3) is 0 Å².